The third kappa shape index (κ3) is 2.91. The molecule has 1 heterocycles. The summed E-state index contributed by atoms with van der Waals surface area (Å²) < 4.78 is 0. The van der Waals surface area contributed by atoms with E-state index in [9.17, 15) is 4.79 Å². The van der Waals surface area contributed by atoms with Crippen LogP contribution in [0, 0.1) is 0 Å². The van der Waals surface area contributed by atoms with Gasteiger partial charge in [-0.1, -0.05) is 19.1 Å². The van der Waals surface area contributed by atoms with Crippen LogP contribution < -0.4 is 5.32 Å². The zero-order valence-corrected chi connectivity index (χ0v) is 10.5. The van der Waals surface area contributed by atoms with Gasteiger partial charge in [0.2, 0.25) is 0 Å². The van der Waals surface area contributed by atoms with Gasteiger partial charge in [0, 0.05) is 29.2 Å². The SMILES string of the molecule is CCCNC(=O)c1cccc(-c2nccs2)c1. The Morgan fingerprint density at radius 1 is 1.47 bits per heavy atom. The average molecular weight is 246 g/mol. The van der Waals surface area contributed by atoms with Gasteiger partial charge in [-0.15, -0.1) is 11.3 Å². The van der Waals surface area contributed by atoms with Crippen molar-refractivity contribution in [2.75, 3.05) is 6.54 Å². The highest BCUT2D eigenvalue weighted by molar-refractivity contribution is 7.13. The lowest BCUT2D eigenvalue weighted by atomic mass is 10.1. The summed E-state index contributed by atoms with van der Waals surface area (Å²) in [5.74, 6) is -0.0229. The van der Waals surface area contributed by atoms with E-state index in [-0.39, 0.29) is 5.91 Å². The van der Waals surface area contributed by atoms with Gasteiger partial charge in [0.15, 0.2) is 0 Å². The molecule has 1 amide bonds. The number of thiazole rings is 1. The van der Waals surface area contributed by atoms with Gasteiger partial charge in [-0.25, -0.2) is 4.98 Å². The molecule has 17 heavy (non-hydrogen) atoms. The number of nitrogens with one attached hydrogen (secondary N) is 1. The molecule has 1 aromatic heterocycles. The monoisotopic (exact) mass is 246 g/mol. The molecule has 2 aromatic rings. The van der Waals surface area contributed by atoms with Crippen LogP contribution in [0.3, 0.4) is 0 Å². The smallest absolute Gasteiger partial charge is 0.251 e. The molecule has 4 heteroatoms. The lowest BCUT2D eigenvalue weighted by Gasteiger charge is -2.04. The quantitative estimate of drug-likeness (QED) is 0.901. The van der Waals surface area contributed by atoms with Gasteiger partial charge < -0.3 is 5.32 Å². The van der Waals surface area contributed by atoms with Crippen LogP contribution in [-0.2, 0) is 0 Å². The first-order valence-electron chi connectivity index (χ1n) is 5.59. The molecule has 0 unspecified atom stereocenters. The van der Waals surface area contributed by atoms with E-state index in [0.717, 1.165) is 17.0 Å². The second-order valence-electron chi connectivity index (χ2n) is 3.67. The molecule has 88 valence electrons. The van der Waals surface area contributed by atoms with E-state index < -0.39 is 0 Å². The molecular formula is C13H14N2OS. The average Bonchev–Trinajstić information content (AvgIpc) is 2.90. The van der Waals surface area contributed by atoms with Crippen LogP contribution in [0.5, 0.6) is 0 Å². The largest absolute Gasteiger partial charge is 0.352 e. The number of hydrogen-bond acceptors (Lipinski definition) is 3. The highest BCUT2D eigenvalue weighted by Gasteiger charge is 2.07. The van der Waals surface area contributed by atoms with Gasteiger partial charge in [-0.2, -0.15) is 0 Å². The predicted molar refractivity (Wildman–Crippen MR) is 70.2 cm³/mol. The van der Waals surface area contributed by atoms with E-state index in [1.807, 2.05) is 36.6 Å². The number of benzene rings is 1. The summed E-state index contributed by atoms with van der Waals surface area (Å²) in [6.07, 6.45) is 2.71. The second kappa shape index (κ2) is 5.59. The fourth-order valence-electron chi connectivity index (χ4n) is 1.50. The molecule has 0 aliphatic carbocycles. The minimum atomic E-state index is -0.0229. The number of rotatable bonds is 4. The Labute approximate surface area is 105 Å². The topological polar surface area (TPSA) is 42.0 Å². The van der Waals surface area contributed by atoms with Crippen LogP contribution in [0.15, 0.2) is 35.8 Å². The Balaban J connectivity index is 2.20. The van der Waals surface area contributed by atoms with E-state index in [0.29, 0.717) is 12.1 Å². The fourth-order valence-corrected chi connectivity index (χ4v) is 2.14. The van der Waals surface area contributed by atoms with E-state index in [2.05, 4.69) is 10.3 Å². The molecule has 0 aliphatic heterocycles. The molecular weight excluding hydrogens is 232 g/mol. The lowest BCUT2D eigenvalue weighted by molar-refractivity contribution is 0.0953. The molecule has 0 saturated carbocycles. The molecule has 1 aromatic carbocycles. The lowest BCUT2D eigenvalue weighted by Crippen LogP contribution is -2.23. The first-order valence-corrected chi connectivity index (χ1v) is 6.47. The minimum Gasteiger partial charge on any atom is -0.352 e. The summed E-state index contributed by atoms with van der Waals surface area (Å²) in [7, 11) is 0. The van der Waals surface area contributed by atoms with Gasteiger partial charge in [-0.05, 0) is 18.6 Å². The predicted octanol–water partition coefficient (Wildman–Crippen LogP) is 2.95. The van der Waals surface area contributed by atoms with Crippen LogP contribution in [0.25, 0.3) is 10.6 Å². The Morgan fingerprint density at radius 3 is 3.06 bits per heavy atom. The van der Waals surface area contributed by atoms with Crippen molar-refractivity contribution in [3.8, 4) is 10.6 Å². The van der Waals surface area contributed by atoms with Gasteiger partial charge in [-0.3, -0.25) is 4.79 Å². The zero-order valence-electron chi connectivity index (χ0n) is 9.64. The summed E-state index contributed by atoms with van der Waals surface area (Å²) in [6.45, 7) is 2.74. The van der Waals surface area contributed by atoms with Crippen molar-refractivity contribution in [3.63, 3.8) is 0 Å². The minimum absolute atomic E-state index is 0.0229. The van der Waals surface area contributed by atoms with E-state index in [1.54, 1.807) is 17.5 Å². The van der Waals surface area contributed by atoms with Gasteiger partial charge in [0.1, 0.15) is 5.01 Å². The van der Waals surface area contributed by atoms with Crippen molar-refractivity contribution in [2.45, 2.75) is 13.3 Å². The fraction of sp³-hybridized carbons (Fsp3) is 0.231. The van der Waals surface area contributed by atoms with Crippen molar-refractivity contribution in [1.29, 1.82) is 0 Å². The van der Waals surface area contributed by atoms with Gasteiger partial charge in [0.05, 0.1) is 0 Å². The maximum absolute atomic E-state index is 11.8. The summed E-state index contributed by atoms with van der Waals surface area (Å²) in [5.41, 5.74) is 1.68. The van der Waals surface area contributed by atoms with Crippen LogP contribution >= 0.6 is 11.3 Å². The van der Waals surface area contributed by atoms with E-state index >= 15 is 0 Å². The molecule has 1 N–H and O–H groups in total. The number of hydrogen-bond donors (Lipinski definition) is 1. The van der Waals surface area contributed by atoms with Gasteiger partial charge >= 0.3 is 0 Å². The zero-order chi connectivity index (χ0) is 12.1. The molecule has 0 radical (unpaired) electrons. The van der Waals surface area contributed by atoms with Gasteiger partial charge in [0.25, 0.3) is 5.91 Å². The Kier molecular flexibility index (Phi) is 3.88. The molecule has 0 atom stereocenters. The first kappa shape index (κ1) is 11.8. The summed E-state index contributed by atoms with van der Waals surface area (Å²) in [4.78, 5) is 16.0. The number of amides is 1. The maximum Gasteiger partial charge on any atom is 0.251 e. The van der Waals surface area contributed by atoms with Crippen molar-refractivity contribution < 1.29 is 4.79 Å². The standard InChI is InChI=1S/C13H14N2OS/c1-2-6-14-12(16)10-4-3-5-11(9-10)13-15-7-8-17-13/h3-5,7-9H,2,6H2,1H3,(H,14,16). The third-order valence-electron chi connectivity index (χ3n) is 2.34. The number of carbonyl (C=O) groups is 1. The maximum atomic E-state index is 11.8. The third-order valence-corrected chi connectivity index (χ3v) is 3.16. The normalized spacial score (nSPS) is 10.2. The highest BCUT2D eigenvalue weighted by Crippen LogP contribution is 2.22. The van der Waals surface area contributed by atoms with Crippen molar-refractivity contribution in [3.05, 3.63) is 41.4 Å². The summed E-state index contributed by atoms with van der Waals surface area (Å²) in [6, 6.07) is 7.55. The number of nitrogens with zero attached hydrogens (tertiary/aromatic N) is 1. The van der Waals surface area contributed by atoms with Crippen LogP contribution in [-0.4, -0.2) is 17.4 Å². The molecule has 0 bridgehead atoms. The summed E-state index contributed by atoms with van der Waals surface area (Å²) >= 11 is 1.57. The van der Waals surface area contributed by atoms with E-state index in [1.165, 1.54) is 0 Å². The molecule has 0 saturated heterocycles. The second-order valence-corrected chi connectivity index (χ2v) is 4.57. The summed E-state index contributed by atoms with van der Waals surface area (Å²) in [5, 5.41) is 5.73. The molecule has 0 spiro atoms. The van der Waals surface area contributed by atoms with Crippen LogP contribution in [0.4, 0.5) is 0 Å². The molecule has 0 aliphatic rings. The molecule has 3 nitrogen and oxygen atoms in total. The van der Waals surface area contributed by atoms with Crippen molar-refractivity contribution in [2.24, 2.45) is 0 Å². The Bertz CT molecular complexity index is 494. The number of carbonyl (C=O) groups excluding carboxylic acids is 1. The number of aromatic nitrogens is 1. The van der Waals surface area contributed by atoms with E-state index in [4.69, 9.17) is 0 Å². The Hall–Kier alpha value is -1.68. The molecule has 2 rings (SSSR count). The molecule has 0 fully saturated rings. The van der Waals surface area contributed by atoms with Crippen LogP contribution in [0.2, 0.25) is 0 Å². The highest BCUT2D eigenvalue weighted by atomic mass is 32.1. The van der Waals surface area contributed by atoms with Crippen LogP contribution in [0.1, 0.15) is 23.7 Å². The first-order chi connectivity index (χ1) is 8.31. The van der Waals surface area contributed by atoms with Crippen molar-refractivity contribution in [1.82, 2.24) is 10.3 Å². The Morgan fingerprint density at radius 2 is 2.35 bits per heavy atom. The van der Waals surface area contributed by atoms with Crippen molar-refractivity contribution >= 4 is 17.2 Å².